The summed E-state index contributed by atoms with van der Waals surface area (Å²) >= 11 is 6.55. The number of likely N-dealkylation sites (N-methyl/N-ethyl adjacent to an activating group) is 1. The summed E-state index contributed by atoms with van der Waals surface area (Å²) < 4.78 is 11.8. The van der Waals surface area contributed by atoms with Gasteiger partial charge in [-0.3, -0.25) is 4.90 Å². The van der Waals surface area contributed by atoms with Gasteiger partial charge in [-0.05, 0) is 50.0 Å². The molecule has 0 aromatic heterocycles. The highest BCUT2D eigenvalue weighted by atomic mass is 35.5. The van der Waals surface area contributed by atoms with Crippen LogP contribution in [0.3, 0.4) is 0 Å². The fourth-order valence-corrected chi connectivity index (χ4v) is 3.97. The molecular weight excluding hydrogens is 372 g/mol. The van der Waals surface area contributed by atoms with E-state index >= 15 is 0 Å². The topological polar surface area (TPSA) is 33.7 Å². The molecule has 1 unspecified atom stereocenters. The van der Waals surface area contributed by atoms with Crippen molar-refractivity contribution in [3.05, 3.63) is 58.6 Å². The van der Waals surface area contributed by atoms with Gasteiger partial charge in [0.2, 0.25) is 0 Å². The van der Waals surface area contributed by atoms with Crippen LogP contribution < -0.4 is 14.8 Å². The number of ether oxygens (including phenoxy) is 2. The summed E-state index contributed by atoms with van der Waals surface area (Å²) in [5, 5.41) is 4.28. The molecule has 4 nitrogen and oxygen atoms in total. The zero-order valence-corrected chi connectivity index (χ0v) is 17.7. The van der Waals surface area contributed by atoms with Gasteiger partial charge < -0.3 is 14.8 Å². The Morgan fingerprint density at radius 3 is 2.64 bits per heavy atom. The maximum Gasteiger partial charge on any atom is 0.163 e. The van der Waals surface area contributed by atoms with Crippen molar-refractivity contribution < 1.29 is 9.47 Å². The fraction of sp³-hybridized carbons (Fsp3) is 0.478. The second-order valence-electron chi connectivity index (χ2n) is 7.15. The lowest BCUT2D eigenvalue weighted by Crippen LogP contribution is -2.37. The Bertz CT molecular complexity index is 739. The maximum atomic E-state index is 6.55. The molecule has 5 heteroatoms. The van der Waals surface area contributed by atoms with Crippen LogP contribution in [-0.4, -0.2) is 37.2 Å². The third kappa shape index (κ3) is 5.63. The lowest BCUT2D eigenvalue weighted by Gasteiger charge is -2.23. The third-order valence-electron chi connectivity index (χ3n) is 5.25. The van der Waals surface area contributed by atoms with E-state index in [1.807, 2.05) is 49.4 Å². The van der Waals surface area contributed by atoms with Crippen LogP contribution in [0.5, 0.6) is 11.5 Å². The molecule has 28 heavy (non-hydrogen) atoms. The molecule has 1 aliphatic rings. The normalized spacial score (nSPS) is 17.0. The summed E-state index contributed by atoms with van der Waals surface area (Å²) in [7, 11) is 0. The van der Waals surface area contributed by atoms with Crippen LogP contribution in [0.4, 0.5) is 0 Å². The van der Waals surface area contributed by atoms with Gasteiger partial charge in [0.1, 0.15) is 6.61 Å². The van der Waals surface area contributed by atoms with Crippen molar-refractivity contribution in [2.75, 3.05) is 26.2 Å². The standard InChI is InChI=1S/C23H31ClN2O2/c1-3-26-12-8-11-20(26)16-25-15-19-13-22(27-4-2)23(14-21(19)24)28-17-18-9-6-5-7-10-18/h5-7,9-10,13-14,20,25H,3-4,8,11-12,15-17H2,1-2H3. The molecule has 1 aliphatic heterocycles. The van der Waals surface area contributed by atoms with Gasteiger partial charge in [0.25, 0.3) is 0 Å². The number of nitrogens with one attached hydrogen (secondary N) is 1. The number of nitrogens with zero attached hydrogens (tertiary/aromatic N) is 1. The molecule has 1 atom stereocenters. The Morgan fingerprint density at radius 2 is 1.89 bits per heavy atom. The number of rotatable bonds is 10. The first-order chi connectivity index (χ1) is 13.7. The quantitative estimate of drug-likeness (QED) is 0.613. The Hall–Kier alpha value is -1.75. The molecule has 2 aromatic carbocycles. The van der Waals surface area contributed by atoms with E-state index in [0.717, 1.165) is 36.5 Å². The Kier molecular flexibility index (Phi) is 8.01. The monoisotopic (exact) mass is 402 g/mol. The van der Waals surface area contributed by atoms with Gasteiger partial charge >= 0.3 is 0 Å². The molecule has 1 N–H and O–H groups in total. The first kappa shape index (κ1) is 21.0. The number of likely N-dealkylation sites (tertiary alicyclic amines) is 1. The van der Waals surface area contributed by atoms with Crippen molar-refractivity contribution in [3.8, 4) is 11.5 Å². The number of hydrogen-bond acceptors (Lipinski definition) is 4. The average Bonchev–Trinajstić information content (AvgIpc) is 3.17. The summed E-state index contributed by atoms with van der Waals surface area (Å²) in [5.41, 5.74) is 2.15. The molecule has 0 bridgehead atoms. The molecule has 3 rings (SSSR count). The summed E-state index contributed by atoms with van der Waals surface area (Å²) in [4.78, 5) is 2.54. The van der Waals surface area contributed by atoms with E-state index in [2.05, 4.69) is 17.1 Å². The predicted octanol–water partition coefficient (Wildman–Crippen LogP) is 4.89. The number of halogens is 1. The van der Waals surface area contributed by atoms with Gasteiger partial charge in [-0.15, -0.1) is 0 Å². The van der Waals surface area contributed by atoms with Crippen LogP contribution in [0, 0.1) is 0 Å². The SMILES string of the molecule is CCOc1cc(CNCC2CCCN2CC)c(Cl)cc1OCc1ccccc1. The van der Waals surface area contributed by atoms with Crippen molar-refractivity contribution >= 4 is 11.6 Å². The second-order valence-corrected chi connectivity index (χ2v) is 7.56. The molecule has 2 aromatic rings. The zero-order chi connectivity index (χ0) is 19.8. The van der Waals surface area contributed by atoms with Crippen LogP contribution in [0.15, 0.2) is 42.5 Å². The van der Waals surface area contributed by atoms with E-state index in [9.17, 15) is 0 Å². The molecule has 0 radical (unpaired) electrons. The van der Waals surface area contributed by atoms with E-state index in [1.165, 1.54) is 19.4 Å². The summed E-state index contributed by atoms with van der Waals surface area (Å²) in [6.45, 7) is 9.34. The molecule has 0 amide bonds. The van der Waals surface area contributed by atoms with Gasteiger partial charge in [-0.2, -0.15) is 0 Å². The van der Waals surface area contributed by atoms with E-state index in [-0.39, 0.29) is 0 Å². The van der Waals surface area contributed by atoms with Gasteiger partial charge in [0, 0.05) is 30.2 Å². The fourth-order valence-electron chi connectivity index (χ4n) is 3.75. The second kappa shape index (κ2) is 10.7. The summed E-state index contributed by atoms with van der Waals surface area (Å²) in [6, 6.07) is 14.6. The van der Waals surface area contributed by atoms with Crippen molar-refractivity contribution in [2.24, 2.45) is 0 Å². The smallest absolute Gasteiger partial charge is 0.163 e. The maximum absolute atomic E-state index is 6.55. The van der Waals surface area contributed by atoms with Gasteiger partial charge in [0.05, 0.1) is 6.61 Å². The molecule has 1 saturated heterocycles. The lowest BCUT2D eigenvalue weighted by atomic mass is 10.1. The summed E-state index contributed by atoms with van der Waals surface area (Å²) in [6.07, 6.45) is 2.56. The Morgan fingerprint density at radius 1 is 1.11 bits per heavy atom. The number of benzene rings is 2. The molecule has 152 valence electrons. The van der Waals surface area contributed by atoms with Crippen LogP contribution in [0.2, 0.25) is 5.02 Å². The van der Waals surface area contributed by atoms with E-state index < -0.39 is 0 Å². The first-order valence-electron chi connectivity index (χ1n) is 10.3. The number of hydrogen-bond donors (Lipinski definition) is 1. The lowest BCUT2D eigenvalue weighted by molar-refractivity contribution is 0.259. The van der Waals surface area contributed by atoms with Gasteiger partial charge in [0.15, 0.2) is 11.5 Å². The molecule has 0 aliphatic carbocycles. The minimum atomic E-state index is 0.489. The van der Waals surface area contributed by atoms with Crippen molar-refractivity contribution in [3.63, 3.8) is 0 Å². The molecular formula is C23H31ClN2O2. The van der Waals surface area contributed by atoms with Crippen LogP contribution in [-0.2, 0) is 13.2 Å². The van der Waals surface area contributed by atoms with Crippen molar-refractivity contribution in [2.45, 2.75) is 45.9 Å². The zero-order valence-electron chi connectivity index (χ0n) is 16.9. The van der Waals surface area contributed by atoms with Crippen LogP contribution >= 0.6 is 11.6 Å². The summed E-state index contributed by atoms with van der Waals surface area (Å²) in [5.74, 6) is 1.43. The van der Waals surface area contributed by atoms with Gasteiger partial charge in [-0.25, -0.2) is 0 Å². The van der Waals surface area contributed by atoms with E-state index in [1.54, 1.807) is 0 Å². The van der Waals surface area contributed by atoms with E-state index in [4.69, 9.17) is 21.1 Å². The van der Waals surface area contributed by atoms with Crippen molar-refractivity contribution in [1.29, 1.82) is 0 Å². The highest BCUT2D eigenvalue weighted by Gasteiger charge is 2.22. The molecule has 1 fully saturated rings. The van der Waals surface area contributed by atoms with Crippen molar-refractivity contribution in [1.82, 2.24) is 10.2 Å². The highest BCUT2D eigenvalue weighted by molar-refractivity contribution is 6.31. The van der Waals surface area contributed by atoms with Crippen LogP contribution in [0.1, 0.15) is 37.8 Å². The largest absolute Gasteiger partial charge is 0.490 e. The van der Waals surface area contributed by atoms with Gasteiger partial charge in [-0.1, -0.05) is 48.9 Å². The third-order valence-corrected chi connectivity index (χ3v) is 5.60. The molecule has 0 saturated carbocycles. The molecule has 1 heterocycles. The van der Waals surface area contributed by atoms with Crippen LogP contribution in [0.25, 0.3) is 0 Å². The minimum absolute atomic E-state index is 0.489. The molecule has 0 spiro atoms. The Balaban J connectivity index is 1.62. The first-order valence-corrected chi connectivity index (χ1v) is 10.7. The van der Waals surface area contributed by atoms with E-state index in [0.29, 0.717) is 30.0 Å². The predicted molar refractivity (Wildman–Crippen MR) is 115 cm³/mol. The average molecular weight is 403 g/mol. The Labute approximate surface area is 173 Å². The highest BCUT2D eigenvalue weighted by Crippen LogP contribution is 2.34. The minimum Gasteiger partial charge on any atom is -0.490 e.